The summed E-state index contributed by atoms with van der Waals surface area (Å²) in [6.07, 6.45) is -0.806. The summed E-state index contributed by atoms with van der Waals surface area (Å²) in [5.41, 5.74) is 2.57. The molecule has 3 aromatic rings. The number of halogens is 1. The van der Waals surface area contributed by atoms with E-state index in [2.05, 4.69) is 31.1 Å². The Balaban J connectivity index is 1.73. The van der Waals surface area contributed by atoms with Crippen LogP contribution in [-0.4, -0.2) is 33.6 Å². The fourth-order valence-electron chi connectivity index (χ4n) is 3.57. The molecule has 0 N–H and O–H groups in total. The van der Waals surface area contributed by atoms with Crippen molar-refractivity contribution < 1.29 is 19.0 Å². The van der Waals surface area contributed by atoms with Crippen LogP contribution in [0.25, 0.3) is 11.3 Å². The topological polar surface area (TPSA) is 86.7 Å². The van der Waals surface area contributed by atoms with E-state index in [4.69, 9.17) is 14.2 Å². The lowest BCUT2D eigenvalue weighted by molar-refractivity contribution is -0.118. The fraction of sp³-hybridized carbons (Fsp3) is 0.238. The van der Waals surface area contributed by atoms with Crippen molar-refractivity contribution in [2.75, 3.05) is 17.4 Å². The van der Waals surface area contributed by atoms with Crippen molar-refractivity contribution in [2.45, 2.75) is 25.2 Å². The van der Waals surface area contributed by atoms with Gasteiger partial charge in [0.15, 0.2) is 17.2 Å². The van der Waals surface area contributed by atoms with Crippen molar-refractivity contribution in [3.05, 3.63) is 46.4 Å². The molecule has 0 spiro atoms. The molecule has 1 amide bonds. The van der Waals surface area contributed by atoms with E-state index in [0.717, 1.165) is 15.8 Å². The van der Waals surface area contributed by atoms with Crippen molar-refractivity contribution >= 4 is 39.3 Å². The summed E-state index contributed by atoms with van der Waals surface area (Å²) in [7, 11) is 0. The number of amides is 1. The zero-order chi connectivity index (χ0) is 21.5. The minimum absolute atomic E-state index is 0.146. The number of hydrogen-bond acceptors (Lipinski definition) is 8. The maximum atomic E-state index is 12.9. The van der Waals surface area contributed by atoms with Gasteiger partial charge in [0.2, 0.25) is 30.0 Å². The van der Waals surface area contributed by atoms with Crippen molar-refractivity contribution in [3.8, 4) is 28.6 Å². The summed E-state index contributed by atoms with van der Waals surface area (Å²) in [5.74, 6) is 2.15. The first kappa shape index (κ1) is 20.1. The molecule has 0 saturated carbocycles. The number of para-hydroxylation sites is 1. The van der Waals surface area contributed by atoms with Gasteiger partial charge in [-0.05, 0) is 24.0 Å². The number of anilines is 1. The predicted molar refractivity (Wildman–Crippen MR) is 118 cm³/mol. The van der Waals surface area contributed by atoms with Crippen LogP contribution in [0.5, 0.6) is 17.4 Å². The van der Waals surface area contributed by atoms with Gasteiger partial charge in [0.05, 0.1) is 5.69 Å². The molecule has 2 aliphatic rings. The molecule has 0 saturated heterocycles. The summed E-state index contributed by atoms with van der Waals surface area (Å²) in [5, 5.41) is 9.13. The van der Waals surface area contributed by atoms with Gasteiger partial charge in [-0.3, -0.25) is 9.69 Å². The van der Waals surface area contributed by atoms with E-state index in [1.807, 2.05) is 43.3 Å². The molecule has 10 heteroatoms. The minimum atomic E-state index is -0.806. The predicted octanol–water partition coefficient (Wildman–Crippen LogP) is 4.59. The van der Waals surface area contributed by atoms with Crippen LogP contribution in [0, 0.1) is 0 Å². The Labute approximate surface area is 191 Å². The smallest absolute Gasteiger partial charge is 0.247 e. The van der Waals surface area contributed by atoms with E-state index >= 15 is 0 Å². The number of carbonyl (C=O) groups is 1. The number of aromatic nitrogens is 3. The summed E-state index contributed by atoms with van der Waals surface area (Å²) in [4.78, 5) is 19.1. The number of hydrogen-bond donors (Lipinski definition) is 0. The highest BCUT2D eigenvalue weighted by atomic mass is 79.9. The number of benzene rings is 2. The van der Waals surface area contributed by atoms with Gasteiger partial charge < -0.3 is 14.2 Å². The molecule has 0 bridgehead atoms. The van der Waals surface area contributed by atoms with Crippen LogP contribution in [0.2, 0.25) is 0 Å². The molecule has 0 unspecified atom stereocenters. The molecule has 2 aromatic carbocycles. The molecule has 1 aromatic heterocycles. The average Bonchev–Trinajstić information content (AvgIpc) is 3.14. The van der Waals surface area contributed by atoms with Crippen LogP contribution in [0.1, 0.15) is 25.6 Å². The van der Waals surface area contributed by atoms with Crippen molar-refractivity contribution in [3.63, 3.8) is 0 Å². The third-order valence-corrected chi connectivity index (χ3v) is 6.29. The van der Waals surface area contributed by atoms with Crippen molar-refractivity contribution in [2.24, 2.45) is 0 Å². The van der Waals surface area contributed by atoms with Crippen molar-refractivity contribution in [1.29, 1.82) is 0 Å². The lowest BCUT2D eigenvalue weighted by Crippen LogP contribution is -2.36. The van der Waals surface area contributed by atoms with Crippen LogP contribution in [0.3, 0.4) is 0 Å². The monoisotopic (exact) mass is 500 g/mol. The van der Waals surface area contributed by atoms with Gasteiger partial charge in [0, 0.05) is 22.5 Å². The summed E-state index contributed by atoms with van der Waals surface area (Å²) >= 11 is 5.07. The van der Waals surface area contributed by atoms with Gasteiger partial charge in [-0.15, -0.1) is 10.2 Å². The second kappa shape index (κ2) is 8.01. The molecule has 8 nitrogen and oxygen atoms in total. The van der Waals surface area contributed by atoms with Crippen LogP contribution in [-0.2, 0) is 4.79 Å². The molecular weight excluding hydrogens is 484 g/mol. The molecule has 3 heterocycles. The number of carbonyl (C=O) groups excluding carboxylic acids is 1. The molecule has 0 fully saturated rings. The molecule has 5 rings (SSSR count). The molecule has 0 aliphatic carbocycles. The number of thioether (sulfide) groups is 1. The van der Waals surface area contributed by atoms with E-state index in [-0.39, 0.29) is 12.7 Å². The Morgan fingerprint density at radius 1 is 1.23 bits per heavy atom. The Morgan fingerprint density at radius 2 is 2.00 bits per heavy atom. The fourth-order valence-corrected chi connectivity index (χ4v) is 4.59. The highest BCUT2D eigenvalue weighted by Gasteiger charge is 2.36. The van der Waals surface area contributed by atoms with Crippen LogP contribution in [0.4, 0.5) is 5.69 Å². The first-order valence-electron chi connectivity index (χ1n) is 9.59. The van der Waals surface area contributed by atoms with E-state index in [9.17, 15) is 4.79 Å². The molecule has 31 heavy (non-hydrogen) atoms. The molecule has 2 aliphatic heterocycles. The van der Waals surface area contributed by atoms with Crippen LogP contribution >= 0.6 is 27.7 Å². The van der Waals surface area contributed by atoms with E-state index in [0.29, 0.717) is 39.5 Å². The summed E-state index contributed by atoms with van der Waals surface area (Å²) in [6, 6.07) is 11.1. The largest absolute Gasteiger partial charge is 0.454 e. The molecule has 1 atom stereocenters. The zero-order valence-electron chi connectivity index (χ0n) is 16.7. The first-order chi connectivity index (χ1) is 15.1. The third kappa shape index (κ3) is 3.49. The average molecular weight is 501 g/mol. The minimum Gasteiger partial charge on any atom is -0.454 e. The molecule has 0 radical (unpaired) electrons. The normalized spacial score (nSPS) is 16.2. The standard InChI is InChI=1S/C21H17BrN4O4S/c1-3-31-21-23-19-18(24-25-21)12-6-4-5-7-15(12)26(11(2)27)20(30-19)13-8-16-17(9-14(13)22)29-10-28-16/h4-9,20H,3,10H2,1-2H3/t20-/m1/s1. The van der Waals surface area contributed by atoms with Crippen LogP contribution < -0.4 is 19.1 Å². The number of nitrogens with zero attached hydrogens (tertiary/aromatic N) is 4. The maximum absolute atomic E-state index is 12.9. The SMILES string of the molecule is CCSc1nnc2c(n1)O[C@H](c1cc3c(cc1Br)OCO3)N(C(C)=O)c1ccccc1-2. The van der Waals surface area contributed by atoms with E-state index in [1.165, 1.54) is 18.7 Å². The number of rotatable bonds is 3. The quantitative estimate of drug-likeness (QED) is 0.482. The lowest BCUT2D eigenvalue weighted by Gasteiger charge is -2.30. The molecule has 158 valence electrons. The van der Waals surface area contributed by atoms with Gasteiger partial charge in [-0.2, -0.15) is 4.98 Å². The second-order valence-corrected chi connectivity index (χ2v) is 8.87. The van der Waals surface area contributed by atoms with Gasteiger partial charge in [-0.1, -0.05) is 52.8 Å². The van der Waals surface area contributed by atoms with E-state index < -0.39 is 6.23 Å². The van der Waals surface area contributed by atoms with Gasteiger partial charge in [0.1, 0.15) is 0 Å². The highest BCUT2D eigenvalue weighted by molar-refractivity contribution is 9.10. The maximum Gasteiger partial charge on any atom is 0.247 e. The summed E-state index contributed by atoms with van der Waals surface area (Å²) < 4.78 is 18.1. The van der Waals surface area contributed by atoms with Gasteiger partial charge in [-0.25, -0.2) is 0 Å². The number of ether oxygens (including phenoxy) is 3. The van der Waals surface area contributed by atoms with Gasteiger partial charge in [0.25, 0.3) is 0 Å². The Hall–Kier alpha value is -2.85. The van der Waals surface area contributed by atoms with Crippen LogP contribution in [0.15, 0.2) is 46.0 Å². The third-order valence-electron chi connectivity index (χ3n) is 4.88. The van der Waals surface area contributed by atoms with E-state index in [1.54, 1.807) is 4.90 Å². The summed E-state index contributed by atoms with van der Waals surface area (Å²) in [6.45, 7) is 3.66. The first-order valence-corrected chi connectivity index (χ1v) is 11.4. The Morgan fingerprint density at radius 3 is 2.77 bits per heavy atom. The van der Waals surface area contributed by atoms with Gasteiger partial charge >= 0.3 is 0 Å². The Kier molecular flexibility index (Phi) is 5.19. The molecular formula is C21H17BrN4O4S. The second-order valence-electron chi connectivity index (χ2n) is 6.78. The highest BCUT2D eigenvalue weighted by Crippen LogP contribution is 2.46. The Bertz CT molecular complexity index is 1190. The lowest BCUT2D eigenvalue weighted by atomic mass is 10.1. The zero-order valence-corrected chi connectivity index (χ0v) is 19.1. The number of fused-ring (bicyclic) bond motifs is 4. The van der Waals surface area contributed by atoms with Crippen molar-refractivity contribution in [1.82, 2.24) is 15.2 Å².